The van der Waals surface area contributed by atoms with Crippen molar-refractivity contribution < 1.29 is 19.4 Å². The van der Waals surface area contributed by atoms with Crippen LogP contribution in [0.25, 0.3) is 0 Å². The van der Waals surface area contributed by atoms with E-state index in [4.69, 9.17) is 9.84 Å². The fourth-order valence-corrected chi connectivity index (χ4v) is 1.38. The number of nitrogens with one attached hydrogen (secondary N) is 1. The maximum absolute atomic E-state index is 11.4. The van der Waals surface area contributed by atoms with Gasteiger partial charge in [0.1, 0.15) is 12.3 Å². The molecule has 0 aliphatic heterocycles. The highest BCUT2D eigenvalue weighted by Crippen LogP contribution is 2.14. The van der Waals surface area contributed by atoms with Crippen molar-refractivity contribution >= 4 is 11.9 Å². The molecule has 0 radical (unpaired) electrons. The van der Waals surface area contributed by atoms with Gasteiger partial charge in [-0.2, -0.15) is 0 Å². The number of carboxylic acid groups (broad SMARTS) is 1. The van der Waals surface area contributed by atoms with Gasteiger partial charge in [-0.3, -0.25) is 9.59 Å². The zero-order valence-electron chi connectivity index (χ0n) is 10.5. The van der Waals surface area contributed by atoms with Crippen molar-refractivity contribution in [2.24, 2.45) is 0 Å². The lowest BCUT2D eigenvalue weighted by Gasteiger charge is -2.10. The second-order valence-corrected chi connectivity index (χ2v) is 4.16. The first-order valence-electron chi connectivity index (χ1n) is 5.71. The van der Waals surface area contributed by atoms with Crippen LogP contribution in [0, 0.1) is 0 Å². The van der Waals surface area contributed by atoms with Gasteiger partial charge in [-0.05, 0) is 31.5 Å². The highest BCUT2D eigenvalue weighted by atomic mass is 16.5. The summed E-state index contributed by atoms with van der Waals surface area (Å²) in [6.45, 7) is 3.52. The Labute approximate surface area is 106 Å². The first-order valence-corrected chi connectivity index (χ1v) is 5.71. The molecule has 0 aliphatic rings. The summed E-state index contributed by atoms with van der Waals surface area (Å²) < 4.78 is 5.47. The van der Waals surface area contributed by atoms with Gasteiger partial charge in [-0.25, -0.2) is 0 Å². The largest absolute Gasteiger partial charge is 0.491 e. The Kier molecular flexibility index (Phi) is 5.17. The van der Waals surface area contributed by atoms with Crippen LogP contribution < -0.4 is 10.1 Å². The van der Waals surface area contributed by atoms with Crippen molar-refractivity contribution in [2.45, 2.75) is 26.4 Å². The fraction of sp³-hybridized carbons (Fsp3) is 0.385. The van der Waals surface area contributed by atoms with Crippen molar-refractivity contribution in [1.82, 2.24) is 5.32 Å². The lowest BCUT2D eigenvalue weighted by Crippen LogP contribution is -2.30. The van der Waals surface area contributed by atoms with Gasteiger partial charge in [-0.1, -0.05) is 12.1 Å². The predicted molar refractivity (Wildman–Crippen MR) is 66.6 cm³/mol. The lowest BCUT2D eigenvalue weighted by molar-refractivity contribution is -0.137. The highest BCUT2D eigenvalue weighted by molar-refractivity contribution is 5.82. The first-order chi connectivity index (χ1) is 8.47. The molecule has 0 aromatic heterocycles. The van der Waals surface area contributed by atoms with Gasteiger partial charge in [0.05, 0.1) is 12.5 Å². The van der Waals surface area contributed by atoms with E-state index in [1.54, 1.807) is 24.3 Å². The second-order valence-electron chi connectivity index (χ2n) is 4.16. The summed E-state index contributed by atoms with van der Waals surface area (Å²) >= 11 is 0. The van der Waals surface area contributed by atoms with E-state index in [0.717, 1.165) is 11.3 Å². The van der Waals surface area contributed by atoms with Crippen LogP contribution in [0.2, 0.25) is 0 Å². The number of hydrogen-bond acceptors (Lipinski definition) is 3. The molecule has 0 atom stereocenters. The standard InChI is InChI=1S/C13H17NO4/c1-9(2)18-11-5-3-10(4-6-11)7-12(15)14-8-13(16)17/h3-6,9H,7-8H2,1-2H3,(H,14,15)(H,16,17). The van der Waals surface area contributed by atoms with Crippen molar-refractivity contribution in [3.05, 3.63) is 29.8 Å². The maximum atomic E-state index is 11.4. The number of aliphatic carboxylic acids is 1. The Bertz CT molecular complexity index is 412. The van der Waals surface area contributed by atoms with Crippen LogP contribution in [0.3, 0.4) is 0 Å². The Morgan fingerprint density at radius 2 is 1.89 bits per heavy atom. The molecule has 0 saturated heterocycles. The molecule has 2 N–H and O–H groups in total. The fourth-order valence-electron chi connectivity index (χ4n) is 1.38. The van der Waals surface area contributed by atoms with Gasteiger partial charge in [0.2, 0.25) is 5.91 Å². The molecule has 1 amide bonds. The minimum absolute atomic E-state index is 0.106. The van der Waals surface area contributed by atoms with Crippen molar-refractivity contribution in [3.8, 4) is 5.75 Å². The molecule has 5 nitrogen and oxygen atoms in total. The number of benzene rings is 1. The van der Waals surface area contributed by atoms with Crippen LogP contribution in [-0.4, -0.2) is 29.6 Å². The third kappa shape index (κ3) is 5.34. The minimum Gasteiger partial charge on any atom is -0.491 e. The lowest BCUT2D eigenvalue weighted by atomic mass is 10.1. The van der Waals surface area contributed by atoms with Gasteiger partial charge >= 0.3 is 5.97 Å². The van der Waals surface area contributed by atoms with Crippen LogP contribution in [-0.2, 0) is 16.0 Å². The van der Waals surface area contributed by atoms with E-state index in [-0.39, 0.29) is 25.0 Å². The molecule has 0 heterocycles. The SMILES string of the molecule is CC(C)Oc1ccc(CC(=O)NCC(=O)O)cc1. The molecule has 0 spiro atoms. The van der Waals surface area contributed by atoms with E-state index in [9.17, 15) is 9.59 Å². The number of ether oxygens (including phenoxy) is 1. The molecule has 1 aromatic carbocycles. The average Bonchev–Trinajstić information content (AvgIpc) is 2.28. The zero-order valence-corrected chi connectivity index (χ0v) is 10.5. The van der Waals surface area contributed by atoms with E-state index >= 15 is 0 Å². The summed E-state index contributed by atoms with van der Waals surface area (Å²) in [6, 6.07) is 7.16. The summed E-state index contributed by atoms with van der Waals surface area (Å²) in [5, 5.41) is 10.7. The van der Waals surface area contributed by atoms with Crippen LogP contribution in [0.5, 0.6) is 5.75 Å². The third-order valence-electron chi connectivity index (χ3n) is 2.10. The molecule has 98 valence electrons. The van der Waals surface area contributed by atoms with Gasteiger partial charge in [0.15, 0.2) is 0 Å². The number of hydrogen-bond donors (Lipinski definition) is 2. The van der Waals surface area contributed by atoms with E-state index in [0.29, 0.717) is 0 Å². The summed E-state index contributed by atoms with van der Waals surface area (Å²) in [5.41, 5.74) is 0.814. The smallest absolute Gasteiger partial charge is 0.322 e. The molecule has 0 aliphatic carbocycles. The van der Waals surface area contributed by atoms with Gasteiger partial charge < -0.3 is 15.2 Å². The topological polar surface area (TPSA) is 75.6 Å². The third-order valence-corrected chi connectivity index (χ3v) is 2.10. The van der Waals surface area contributed by atoms with E-state index in [1.807, 2.05) is 13.8 Å². The Balaban J connectivity index is 2.48. The number of carbonyl (C=O) groups is 2. The Morgan fingerprint density at radius 3 is 2.39 bits per heavy atom. The van der Waals surface area contributed by atoms with Gasteiger partial charge in [0, 0.05) is 0 Å². The normalized spacial score (nSPS) is 10.2. The maximum Gasteiger partial charge on any atom is 0.322 e. The van der Waals surface area contributed by atoms with Crippen LogP contribution in [0.1, 0.15) is 19.4 Å². The minimum atomic E-state index is -1.05. The second kappa shape index (κ2) is 6.64. The number of rotatable bonds is 6. The summed E-state index contributed by atoms with van der Waals surface area (Å²) in [4.78, 5) is 21.6. The molecule has 18 heavy (non-hydrogen) atoms. The molecule has 5 heteroatoms. The molecule has 0 saturated carbocycles. The van der Waals surface area contributed by atoms with Crippen LogP contribution >= 0.6 is 0 Å². The van der Waals surface area contributed by atoms with Gasteiger partial charge in [0.25, 0.3) is 0 Å². The number of carbonyl (C=O) groups excluding carboxylic acids is 1. The molecular formula is C13H17NO4. The number of amides is 1. The number of carboxylic acids is 1. The Hall–Kier alpha value is -2.04. The van der Waals surface area contributed by atoms with E-state index in [2.05, 4.69) is 5.32 Å². The van der Waals surface area contributed by atoms with Crippen molar-refractivity contribution in [3.63, 3.8) is 0 Å². The van der Waals surface area contributed by atoms with E-state index in [1.165, 1.54) is 0 Å². The highest BCUT2D eigenvalue weighted by Gasteiger charge is 2.05. The molecule has 0 bridgehead atoms. The summed E-state index contributed by atoms with van der Waals surface area (Å²) in [6.07, 6.45) is 0.268. The average molecular weight is 251 g/mol. The Morgan fingerprint density at radius 1 is 1.28 bits per heavy atom. The quantitative estimate of drug-likeness (QED) is 0.797. The van der Waals surface area contributed by atoms with E-state index < -0.39 is 5.97 Å². The molecule has 0 fully saturated rings. The molecular weight excluding hydrogens is 234 g/mol. The van der Waals surface area contributed by atoms with Crippen molar-refractivity contribution in [2.75, 3.05) is 6.54 Å². The molecule has 0 unspecified atom stereocenters. The summed E-state index contributed by atoms with van der Waals surface area (Å²) in [5.74, 6) is -0.612. The molecule has 1 aromatic rings. The first kappa shape index (κ1) is 14.0. The van der Waals surface area contributed by atoms with Crippen LogP contribution in [0.15, 0.2) is 24.3 Å². The zero-order chi connectivity index (χ0) is 13.5. The monoisotopic (exact) mass is 251 g/mol. The predicted octanol–water partition coefficient (Wildman–Crippen LogP) is 1.22. The van der Waals surface area contributed by atoms with Crippen LogP contribution in [0.4, 0.5) is 0 Å². The van der Waals surface area contributed by atoms with Crippen molar-refractivity contribution in [1.29, 1.82) is 0 Å². The summed E-state index contributed by atoms with van der Waals surface area (Å²) in [7, 11) is 0. The van der Waals surface area contributed by atoms with Gasteiger partial charge in [-0.15, -0.1) is 0 Å². The molecule has 1 rings (SSSR count).